The summed E-state index contributed by atoms with van der Waals surface area (Å²) in [7, 11) is 5.12. The summed E-state index contributed by atoms with van der Waals surface area (Å²) in [6.45, 7) is 7.75. The van der Waals surface area contributed by atoms with Crippen LogP contribution < -0.4 is 14.8 Å². The third-order valence-electron chi connectivity index (χ3n) is 4.65. The van der Waals surface area contributed by atoms with Crippen LogP contribution in [0.15, 0.2) is 18.2 Å². The second-order valence-electron chi connectivity index (χ2n) is 6.27. The van der Waals surface area contributed by atoms with Crippen molar-refractivity contribution in [3.8, 4) is 11.5 Å². The second-order valence-corrected chi connectivity index (χ2v) is 6.27. The van der Waals surface area contributed by atoms with Crippen LogP contribution in [0.25, 0.3) is 0 Å². The van der Waals surface area contributed by atoms with Crippen LogP contribution in [0.2, 0.25) is 0 Å². The van der Waals surface area contributed by atoms with Crippen molar-refractivity contribution in [2.75, 3.05) is 14.2 Å². The lowest BCUT2D eigenvalue weighted by Gasteiger charge is -2.21. The van der Waals surface area contributed by atoms with Gasteiger partial charge in [0.1, 0.15) is 11.5 Å². The topological polar surface area (TPSA) is 65.4 Å². The highest BCUT2D eigenvalue weighted by Gasteiger charge is 2.24. The number of benzene rings is 1. The maximum absolute atomic E-state index is 12.8. The third kappa shape index (κ3) is 3.78. The number of rotatable bonds is 6. The van der Waals surface area contributed by atoms with E-state index in [0.717, 1.165) is 34.0 Å². The van der Waals surface area contributed by atoms with E-state index in [2.05, 4.69) is 10.4 Å². The Morgan fingerprint density at radius 2 is 1.88 bits per heavy atom. The van der Waals surface area contributed by atoms with Gasteiger partial charge in [-0.2, -0.15) is 5.10 Å². The third-order valence-corrected chi connectivity index (χ3v) is 4.65. The van der Waals surface area contributed by atoms with E-state index < -0.39 is 0 Å². The lowest BCUT2D eigenvalue weighted by molar-refractivity contribution is -0.122. The molecule has 2 rings (SSSR count). The molecule has 2 atom stereocenters. The number of hydrogen-bond donors (Lipinski definition) is 1. The van der Waals surface area contributed by atoms with Gasteiger partial charge in [-0.05, 0) is 45.9 Å². The van der Waals surface area contributed by atoms with Gasteiger partial charge in [-0.15, -0.1) is 0 Å². The predicted molar refractivity (Wildman–Crippen MR) is 97.2 cm³/mol. The van der Waals surface area contributed by atoms with Crippen molar-refractivity contribution in [2.45, 2.75) is 39.7 Å². The molecule has 0 saturated heterocycles. The molecular weight excluding hydrogens is 318 g/mol. The maximum Gasteiger partial charge on any atom is 0.227 e. The van der Waals surface area contributed by atoms with Crippen molar-refractivity contribution in [1.29, 1.82) is 0 Å². The highest BCUT2D eigenvalue weighted by atomic mass is 16.5. The van der Waals surface area contributed by atoms with Gasteiger partial charge < -0.3 is 14.8 Å². The van der Waals surface area contributed by atoms with E-state index in [9.17, 15) is 4.79 Å². The average molecular weight is 345 g/mol. The summed E-state index contributed by atoms with van der Waals surface area (Å²) in [5, 5.41) is 7.47. The normalized spacial score (nSPS) is 13.2. The first kappa shape index (κ1) is 18.8. The highest BCUT2D eigenvalue weighted by molar-refractivity contribution is 5.84. The Kier molecular flexibility index (Phi) is 5.72. The van der Waals surface area contributed by atoms with Gasteiger partial charge in [0, 0.05) is 23.9 Å². The van der Waals surface area contributed by atoms with Crippen LogP contribution in [0.5, 0.6) is 11.5 Å². The summed E-state index contributed by atoms with van der Waals surface area (Å²) < 4.78 is 12.5. The molecule has 0 bridgehead atoms. The van der Waals surface area contributed by atoms with Crippen molar-refractivity contribution in [1.82, 2.24) is 15.1 Å². The Morgan fingerprint density at radius 1 is 1.20 bits per heavy atom. The zero-order chi connectivity index (χ0) is 18.7. The fourth-order valence-corrected chi connectivity index (χ4v) is 3.14. The van der Waals surface area contributed by atoms with Gasteiger partial charge in [0.2, 0.25) is 5.91 Å². The molecule has 1 N–H and O–H groups in total. The van der Waals surface area contributed by atoms with E-state index in [0.29, 0.717) is 0 Å². The molecule has 6 heteroatoms. The summed E-state index contributed by atoms with van der Waals surface area (Å²) >= 11 is 0. The van der Waals surface area contributed by atoms with Crippen LogP contribution in [-0.4, -0.2) is 29.9 Å². The van der Waals surface area contributed by atoms with Crippen LogP contribution >= 0.6 is 0 Å². The minimum atomic E-state index is -0.284. The Morgan fingerprint density at radius 3 is 2.40 bits per heavy atom. The van der Waals surface area contributed by atoms with Crippen LogP contribution in [0, 0.1) is 13.8 Å². The Bertz CT molecular complexity index is 768. The van der Waals surface area contributed by atoms with Gasteiger partial charge in [0.25, 0.3) is 0 Å². The number of nitrogens with zero attached hydrogens (tertiary/aromatic N) is 2. The number of carbonyl (C=O) groups excluding carboxylic acids is 1. The van der Waals surface area contributed by atoms with Crippen LogP contribution in [0.4, 0.5) is 0 Å². The van der Waals surface area contributed by atoms with E-state index in [4.69, 9.17) is 9.47 Å². The fourth-order valence-electron chi connectivity index (χ4n) is 3.14. The molecule has 0 aliphatic heterocycles. The van der Waals surface area contributed by atoms with Crippen LogP contribution in [0.1, 0.15) is 48.3 Å². The molecule has 1 amide bonds. The molecule has 1 aromatic heterocycles. The summed E-state index contributed by atoms with van der Waals surface area (Å²) in [4.78, 5) is 12.8. The number of amides is 1. The van der Waals surface area contributed by atoms with Crippen molar-refractivity contribution in [3.05, 3.63) is 40.7 Å². The number of aryl methyl sites for hydroxylation is 2. The summed E-state index contributed by atoms with van der Waals surface area (Å²) in [5.74, 6) is 1.11. The molecule has 25 heavy (non-hydrogen) atoms. The van der Waals surface area contributed by atoms with Crippen molar-refractivity contribution in [2.24, 2.45) is 7.05 Å². The number of nitrogens with one attached hydrogen (secondary N) is 1. The van der Waals surface area contributed by atoms with Crippen LogP contribution in [0.3, 0.4) is 0 Å². The predicted octanol–water partition coefficient (Wildman–Crippen LogP) is 3.04. The van der Waals surface area contributed by atoms with Gasteiger partial charge >= 0.3 is 0 Å². The van der Waals surface area contributed by atoms with Crippen molar-refractivity contribution >= 4 is 5.91 Å². The molecule has 0 saturated carbocycles. The minimum Gasteiger partial charge on any atom is -0.497 e. The largest absolute Gasteiger partial charge is 0.497 e. The van der Waals surface area contributed by atoms with Crippen molar-refractivity contribution < 1.29 is 14.3 Å². The molecule has 0 aliphatic carbocycles. The molecule has 0 fully saturated rings. The smallest absolute Gasteiger partial charge is 0.227 e. The van der Waals surface area contributed by atoms with Gasteiger partial charge in [-0.1, -0.05) is 0 Å². The molecule has 0 unspecified atom stereocenters. The average Bonchev–Trinajstić information content (AvgIpc) is 2.85. The van der Waals surface area contributed by atoms with Crippen LogP contribution in [-0.2, 0) is 11.8 Å². The molecule has 136 valence electrons. The zero-order valence-electron chi connectivity index (χ0n) is 16.0. The molecule has 1 aromatic carbocycles. The molecule has 2 aromatic rings. The van der Waals surface area contributed by atoms with E-state index >= 15 is 0 Å². The fraction of sp³-hybridized carbons (Fsp3) is 0.474. The molecular formula is C19H27N3O3. The van der Waals surface area contributed by atoms with E-state index in [1.54, 1.807) is 14.2 Å². The molecule has 6 nitrogen and oxygen atoms in total. The lowest BCUT2D eigenvalue weighted by Crippen LogP contribution is -2.31. The first-order chi connectivity index (χ1) is 11.8. The SMILES string of the molecule is COc1ccc(OC)c([C@H](C)NC(=O)[C@@H](C)c2c(C)nn(C)c2C)c1. The van der Waals surface area contributed by atoms with Gasteiger partial charge in [0.05, 0.1) is 31.9 Å². The Balaban J connectivity index is 2.22. The first-order valence-electron chi connectivity index (χ1n) is 8.32. The zero-order valence-corrected chi connectivity index (χ0v) is 16.0. The molecule has 1 heterocycles. The number of aromatic nitrogens is 2. The number of carbonyl (C=O) groups is 1. The molecule has 0 aliphatic rings. The number of ether oxygens (including phenoxy) is 2. The van der Waals surface area contributed by atoms with E-state index in [-0.39, 0.29) is 17.9 Å². The highest BCUT2D eigenvalue weighted by Crippen LogP contribution is 2.30. The summed E-state index contributed by atoms with van der Waals surface area (Å²) in [6.07, 6.45) is 0. The Hall–Kier alpha value is -2.50. The molecule has 0 radical (unpaired) electrons. The van der Waals surface area contributed by atoms with E-state index in [1.165, 1.54) is 0 Å². The lowest BCUT2D eigenvalue weighted by atomic mass is 9.97. The first-order valence-corrected chi connectivity index (χ1v) is 8.32. The second kappa shape index (κ2) is 7.59. The Labute approximate surface area is 149 Å². The van der Waals surface area contributed by atoms with Crippen molar-refractivity contribution in [3.63, 3.8) is 0 Å². The standard InChI is InChI=1S/C19H27N3O3/c1-11(18-13(3)21-22(5)14(18)4)19(23)20-12(2)16-10-15(24-6)8-9-17(16)25-7/h8-12H,1-7H3,(H,20,23)/t11-,12-/m0/s1. The van der Waals surface area contributed by atoms with E-state index in [1.807, 2.05) is 57.6 Å². The minimum absolute atomic E-state index is 0.0448. The van der Waals surface area contributed by atoms with Gasteiger partial charge in [-0.25, -0.2) is 0 Å². The summed E-state index contributed by atoms with van der Waals surface area (Å²) in [5.41, 5.74) is 3.74. The number of hydrogen-bond acceptors (Lipinski definition) is 4. The quantitative estimate of drug-likeness (QED) is 0.874. The maximum atomic E-state index is 12.8. The number of methoxy groups -OCH3 is 2. The molecule has 0 spiro atoms. The summed E-state index contributed by atoms with van der Waals surface area (Å²) in [6, 6.07) is 5.35. The van der Waals surface area contributed by atoms with Gasteiger partial charge in [0.15, 0.2) is 0 Å². The van der Waals surface area contributed by atoms with Gasteiger partial charge in [-0.3, -0.25) is 9.48 Å². The monoisotopic (exact) mass is 345 g/mol.